The van der Waals surface area contributed by atoms with Crippen LogP contribution in [0.2, 0.25) is 5.02 Å². The predicted molar refractivity (Wildman–Crippen MR) is 79.6 cm³/mol. The van der Waals surface area contributed by atoms with Crippen molar-refractivity contribution in [2.45, 2.75) is 45.8 Å². The molecule has 0 spiro atoms. The molecule has 0 aromatic carbocycles. The Kier molecular flexibility index (Phi) is 5.84. The standard InChI is InChI=1S/C15H19ClN2O2/c1-5-6-15(3,4)18-14(19)7-11(2)20-13-8-12(16)9-17-10-13/h8-11H,7H2,1-4H3,(H,18,19). The van der Waals surface area contributed by atoms with Crippen LogP contribution in [0, 0.1) is 11.8 Å². The van der Waals surface area contributed by atoms with Gasteiger partial charge in [0, 0.05) is 12.3 Å². The second kappa shape index (κ2) is 7.16. The van der Waals surface area contributed by atoms with Gasteiger partial charge < -0.3 is 10.1 Å². The van der Waals surface area contributed by atoms with Gasteiger partial charge >= 0.3 is 0 Å². The van der Waals surface area contributed by atoms with Gasteiger partial charge in [0.05, 0.1) is 23.2 Å². The Morgan fingerprint density at radius 1 is 1.55 bits per heavy atom. The summed E-state index contributed by atoms with van der Waals surface area (Å²) in [6, 6.07) is 1.66. The van der Waals surface area contributed by atoms with E-state index < -0.39 is 5.54 Å². The summed E-state index contributed by atoms with van der Waals surface area (Å²) in [4.78, 5) is 15.8. The average Bonchev–Trinajstić information content (AvgIpc) is 2.26. The lowest BCUT2D eigenvalue weighted by Crippen LogP contribution is -2.43. The fourth-order valence-corrected chi connectivity index (χ4v) is 1.90. The molecule has 0 aliphatic rings. The van der Waals surface area contributed by atoms with E-state index in [0.29, 0.717) is 10.8 Å². The largest absolute Gasteiger partial charge is 0.489 e. The number of aromatic nitrogens is 1. The molecule has 20 heavy (non-hydrogen) atoms. The average molecular weight is 295 g/mol. The van der Waals surface area contributed by atoms with E-state index in [2.05, 4.69) is 22.1 Å². The number of ether oxygens (including phenoxy) is 1. The number of nitrogens with one attached hydrogen (secondary N) is 1. The van der Waals surface area contributed by atoms with Crippen LogP contribution in [0.4, 0.5) is 0 Å². The van der Waals surface area contributed by atoms with Gasteiger partial charge in [0.1, 0.15) is 11.9 Å². The van der Waals surface area contributed by atoms with Crippen LogP contribution < -0.4 is 10.1 Å². The number of hydrogen-bond acceptors (Lipinski definition) is 3. The maximum atomic E-state index is 11.9. The van der Waals surface area contributed by atoms with Crippen molar-refractivity contribution >= 4 is 17.5 Å². The third-order valence-corrected chi connectivity index (χ3v) is 2.59. The summed E-state index contributed by atoms with van der Waals surface area (Å²) in [6.45, 7) is 7.27. The Morgan fingerprint density at radius 3 is 2.85 bits per heavy atom. The molecule has 108 valence electrons. The topological polar surface area (TPSA) is 51.2 Å². The first-order valence-electron chi connectivity index (χ1n) is 6.34. The summed E-state index contributed by atoms with van der Waals surface area (Å²) < 4.78 is 5.60. The Morgan fingerprint density at radius 2 is 2.25 bits per heavy atom. The second-order valence-corrected chi connectivity index (χ2v) is 5.46. The molecule has 0 saturated heterocycles. The number of carbonyl (C=O) groups excluding carboxylic acids is 1. The molecule has 0 saturated carbocycles. The maximum Gasteiger partial charge on any atom is 0.224 e. The molecule has 0 bridgehead atoms. The minimum absolute atomic E-state index is 0.111. The Hall–Kier alpha value is -1.73. The van der Waals surface area contributed by atoms with Crippen LogP contribution in [-0.4, -0.2) is 22.5 Å². The van der Waals surface area contributed by atoms with Crippen LogP contribution in [-0.2, 0) is 4.79 Å². The van der Waals surface area contributed by atoms with Gasteiger partial charge in [-0.3, -0.25) is 9.78 Å². The SMILES string of the molecule is CC#CC(C)(C)NC(=O)CC(C)Oc1cncc(Cl)c1. The highest BCUT2D eigenvalue weighted by molar-refractivity contribution is 6.30. The molecule has 1 amide bonds. The zero-order valence-electron chi connectivity index (χ0n) is 12.2. The molecule has 4 nitrogen and oxygen atoms in total. The molecule has 1 aromatic heterocycles. The first kappa shape index (κ1) is 16.3. The van der Waals surface area contributed by atoms with Crippen LogP contribution in [0.5, 0.6) is 5.75 Å². The zero-order valence-corrected chi connectivity index (χ0v) is 12.9. The summed E-state index contributed by atoms with van der Waals surface area (Å²) in [5.41, 5.74) is -0.539. The summed E-state index contributed by atoms with van der Waals surface area (Å²) in [5.74, 6) is 6.16. The van der Waals surface area contributed by atoms with E-state index in [1.807, 2.05) is 20.8 Å². The van der Waals surface area contributed by atoms with E-state index in [9.17, 15) is 4.79 Å². The van der Waals surface area contributed by atoms with Crippen molar-refractivity contribution in [2.24, 2.45) is 0 Å². The minimum atomic E-state index is -0.539. The van der Waals surface area contributed by atoms with Crippen LogP contribution in [0.1, 0.15) is 34.1 Å². The van der Waals surface area contributed by atoms with Crippen LogP contribution in [0.3, 0.4) is 0 Å². The molecule has 0 fully saturated rings. The Balaban J connectivity index is 2.51. The maximum absolute atomic E-state index is 11.9. The lowest BCUT2D eigenvalue weighted by Gasteiger charge is -2.21. The number of carbonyl (C=O) groups is 1. The van der Waals surface area contributed by atoms with Crippen LogP contribution >= 0.6 is 11.6 Å². The molecule has 0 radical (unpaired) electrons. The molecule has 0 aliphatic carbocycles. The van der Waals surface area contributed by atoms with E-state index in [4.69, 9.17) is 16.3 Å². The highest BCUT2D eigenvalue weighted by Gasteiger charge is 2.19. The van der Waals surface area contributed by atoms with Gasteiger partial charge in [-0.2, -0.15) is 0 Å². The van der Waals surface area contributed by atoms with Crippen molar-refractivity contribution in [3.8, 4) is 17.6 Å². The molecular formula is C15H19ClN2O2. The number of hydrogen-bond donors (Lipinski definition) is 1. The third-order valence-electron chi connectivity index (χ3n) is 2.38. The summed E-state index contributed by atoms with van der Waals surface area (Å²) in [6.07, 6.45) is 3.05. The van der Waals surface area contributed by atoms with Gasteiger partial charge in [0.2, 0.25) is 5.91 Å². The van der Waals surface area contributed by atoms with Gasteiger partial charge in [-0.15, -0.1) is 5.92 Å². The number of rotatable bonds is 5. The highest BCUT2D eigenvalue weighted by Crippen LogP contribution is 2.17. The smallest absolute Gasteiger partial charge is 0.224 e. The molecular weight excluding hydrogens is 276 g/mol. The fourth-order valence-electron chi connectivity index (χ4n) is 1.74. The quantitative estimate of drug-likeness (QED) is 0.850. The molecule has 1 aromatic rings. The number of nitrogens with zero attached hydrogens (tertiary/aromatic N) is 1. The predicted octanol–water partition coefficient (Wildman–Crippen LogP) is 2.81. The summed E-state index contributed by atoms with van der Waals surface area (Å²) >= 11 is 5.82. The van der Waals surface area contributed by atoms with Crippen molar-refractivity contribution in [3.05, 3.63) is 23.5 Å². The van der Waals surface area contributed by atoms with Crippen molar-refractivity contribution in [3.63, 3.8) is 0 Å². The molecule has 1 atom stereocenters. The fraction of sp³-hybridized carbons (Fsp3) is 0.467. The van der Waals surface area contributed by atoms with Gasteiger partial charge in [-0.25, -0.2) is 0 Å². The van der Waals surface area contributed by atoms with Gasteiger partial charge in [-0.1, -0.05) is 17.5 Å². The highest BCUT2D eigenvalue weighted by atomic mass is 35.5. The molecule has 0 aliphatic heterocycles. The summed E-state index contributed by atoms with van der Waals surface area (Å²) in [5, 5.41) is 3.35. The van der Waals surface area contributed by atoms with E-state index in [0.717, 1.165) is 0 Å². The lowest BCUT2D eigenvalue weighted by molar-refractivity contribution is -0.123. The molecule has 1 rings (SSSR count). The van der Waals surface area contributed by atoms with Crippen molar-refractivity contribution in [1.82, 2.24) is 10.3 Å². The van der Waals surface area contributed by atoms with Gasteiger partial charge in [0.15, 0.2) is 0 Å². The molecule has 1 N–H and O–H groups in total. The molecule has 1 heterocycles. The number of halogens is 1. The summed E-state index contributed by atoms with van der Waals surface area (Å²) in [7, 11) is 0. The van der Waals surface area contributed by atoms with Crippen molar-refractivity contribution in [2.75, 3.05) is 0 Å². The molecule has 1 unspecified atom stereocenters. The van der Waals surface area contributed by atoms with Crippen molar-refractivity contribution < 1.29 is 9.53 Å². The minimum Gasteiger partial charge on any atom is -0.489 e. The second-order valence-electron chi connectivity index (χ2n) is 5.02. The van der Waals surface area contributed by atoms with Crippen molar-refractivity contribution in [1.29, 1.82) is 0 Å². The normalized spacial score (nSPS) is 12.1. The number of pyridine rings is 1. The van der Waals surface area contributed by atoms with E-state index in [-0.39, 0.29) is 18.4 Å². The third kappa shape index (κ3) is 5.94. The van der Waals surface area contributed by atoms with Crippen LogP contribution in [0.15, 0.2) is 18.5 Å². The first-order chi connectivity index (χ1) is 9.32. The monoisotopic (exact) mass is 294 g/mol. The van der Waals surface area contributed by atoms with E-state index >= 15 is 0 Å². The number of amides is 1. The van der Waals surface area contributed by atoms with Crippen LogP contribution in [0.25, 0.3) is 0 Å². The molecule has 5 heteroatoms. The Labute approximate surface area is 124 Å². The van der Waals surface area contributed by atoms with E-state index in [1.54, 1.807) is 19.2 Å². The Bertz CT molecular complexity index is 532. The zero-order chi connectivity index (χ0) is 15.2. The van der Waals surface area contributed by atoms with Gasteiger partial charge in [-0.05, 0) is 27.7 Å². The first-order valence-corrected chi connectivity index (χ1v) is 6.72. The van der Waals surface area contributed by atoms with E-state index in [1.165, 1.54) is 6.20 Å². The van der Waals surface area contributed by atoms with Gasteiger partial charge in [0.25, 0.3) is 0 Å². The lowest BCUT2D eigenvalue weighted by atomic mass is 10.1.